The van der Waals surface area contributed by atoms with Gasteiger partial charge >= 0.3 is 0 Å². The third kappa shape index (κ3) is 10.7. The summed E-state index contributed by atoms with van der Waals surface area (Å²) in [6.07, 6.45) is 3.73. The molecular weight excluding hydrogens is 294 g/mol. The molecule has 0 aromatic carbocycles. The Morgan fingerprint density at radius 1 is 0.708 bits per heavy atom. The molecule has 3 atom stereocenters. The zero-order valence-electron chi connectivity index (χ0n) is 19.2. The van der Waals surface area contributed by atoms with E-state index in [0.717, 1.165) is 6.54 Å². The molecule has 3 nitrogen and oxygen atoms in total. The van der Waals surface area contributed by atoms with Crippen LogP contribution in [0.5, 0.6) is 0 Å². The van der Waals surface area contributed by atoms with Gasteiger partial charge in [-0.1, -0.05) is 41.5 Å². The van der Waals surface area contributed by atoms with Crippen molar-refractivity contribution in [2.24, 2.45) is 10.8 Å². The molecule has 0 rings (SSSR count). The molecule has 0 aliphatic carbocycles. The van der Waals surface area contributed by atoms with Crippen LogP contribution < -0.4 is 0 Å². The molecule has 0 radical (unpaired) electrons. The smallest absolute Gasteiger partial charge is 0.00697 e. The van der Waals surface area contributed by atoms with Crippen LogP contribution >= 0.6 is 0 Å². The maximum absolute atomic E-state index is 2.58. The van der Waals surface area contributed by atoms with E-state index in [0.29, 0.717) is 16.9 Å². The fourth-order valence-corrected chi connectivity index (χ4v) is 3.75. The molecule has 148 valence electrons. The van der Waals surface area contributed by atoms with Crippen LogP contribution in [0.4, 0.5) is 0 Å². The summed E-state index contributed by atoms with van der Waals surface area (Å²) in [5.74, 6) is 0. The van der Waals surface area contributed by atoms with Gasteiger partial charge in [-0.3, -0.25) is 0 Å². The summed E-state index contributed by atoms with van der Waals surface area (Å²) in [7, 11) is 11.0. The van der Waals surface area contributed by atoms with Crippen LogP contribution in [0.1, 0.15) is 67.7 Å². The van der Waals surface area contributed by atoms with Crippen molar-refractivity contribution in [1.82, 2.24) is 14.7 Å². The molecule has 24 heavy (non-hydrogen) atoms. The van der Waals surface area contributed by atoms with Crippen molar-refractivity contribution < 1.29 is 0 Å². The first kappa shape index (κ1) is 26.1. The Bertz CT molecular complexity index is 273. The Labute approximate surface area is 154 Å². The number of rotatable bonds is 11. The summed E-state index contributed by atoms with van der Waals surface area (Å²) in [6, 6.07) is 0.623. The lowest BCUT2D eigenvalue weighted by atomic mass is 9.80. The molecule has 0 bridgehead atoms. The third-order valence-electron chi connectivity index (χ3n) is 5.27. The molecule has 0 heterocycles. The Morgan fingerprint density at radius 3 is 1.42 bits per heavy atom. The van der Waals surface area contributed by atoms with Gasteiger partial charge in [-0.15, -0.1) is 0 Å². The van der Waals surface area contributed by atoms with Crippen LogP contribution in [0.25, 0.3) is 0 Å². The largest absolute Gasteiger partial charge is 0.309 e. The highest BCUT2D eigenvalue weighted by molar-refractivity contribution is 4.84. The molecule has 3 heteroatoms. The Hall–Kier alpha value is -0.120. The Morgan fingerprint density at radius 2 is 1.08 bits per heavy atom. The summed E-state index contributed by atoms with van der Waals surface area (Å²) in [4.78, 5) is 7.24. The Kier molecular flexibility index (Phi) is 13.3. The van der Waals surface area contributed by atoms with Gasteiger partial charge in [0.2, 0.25) is 0 Å². The molecule has 0 aliphatic heterocycles. The normalized spacial score (nSPS) is 18.1. The fourth-order valence-electron chi connectivity index (χ4n) is 3.75. The molecule has 0 fully saturated rings. The summed E-state index contributed by atoms with van der Waals surface area (Å²) >= 11 is 0. The molecule has 3 unspecified atom stereocenters. The van der Waals surface area contributed by atoms with Crippen LogP contribution in [0.3, 0.4) is 0 Å². The number of hydrogen-bond acceptors (Lipinski definition) is 3. The fraction of sp³-hybridized carbons (Fsp3) is 1.00. The van der Waals surface area contributed by atoms with Crippen LogP contribution in [-0.4, -0.2) is 75.6 Å². The minimum absolute atomic E-state index is 0.372. The predicted molar refractivity (Wildman–Crippen MR) is 112 cm³/mol. The van der Waals surface area contributed by atoms with Crippen molar-refractivity contribution in [1.29, 1.82) is 0 Å². The van der Waals surface area contributed by atoms with Crippen LogP contribution in [0.15, 0.2) is 0 Å². The predicted octanol–water partition coefficient (Wildman–Crippen LogP) is 4.68. The van der Waals surface area contributed by atoms with Crippen molar-refractivity contribution in [2.45, 2.75) is 73.8 Å². The van der Waals surface area contributed by atoms with E-state index >= 15 is 0 Å². The first-order valence-electron chi connectivity index (χ1n) is 9.96. The third-order valence-corrected chi connectivity index (χ3v) is 5.27. The lowest BCUT2D eigenvalue weighted by Gasteiger charge is -2.41. The van der Waals surface area contributed by atoms with Gasteiger partial charge in [-0.05, 0) is 72.3 Å². The molecule has 0 aliphatic rings. The summed E-state index contributed by atoms with van der Waals surface area (Å²) in [5.41, 5.74) is 0.776. The van der Waals surface area contributed by atoms with Crippen LogP contribution in [0.2, 0.25) is 0 Å². The van der Waals surface area contributed by atoms with Crippen molar-refractivity contribution in [3.8, 4) is 0 Å². The topological polar surface area (TPSA) is 9.72 Å². The monoisotopic (exact) mass is 343 g/mol. The van der Waals surface area contributed by atoms with E-state index in [2.05, 4.69) is 84.6 Å². The molecule has 0 spiro atoms. The van der Waals surface area contributed by atoms with Gasteiger partial charge < -0.3 is 14.7 Å². The molecule has 0 N–H and O–H groups in total. The summed E-state index contributed by atoms with van der Waals surface area (Å²) in [5, 5.41) is 0. The maximum atomic E-state index is 2.58. The van der Waals surface area contributed by atoms with Gasteiger partial charge in [0, 0.05) is 25.7 Å². The van der Waals surface area contributed by atoms with Gasteiger partial charge in [0.15, 0.2) is 0 Å². The minimum atomic E-state index is 0.372. The highest BCUT2D eigenvalue weighted by atomic mass is 15.2. The first-order valence-corrected chi connectivity index (χ1v) is 9.96. The lowest BCUT2D eigenvalue weighted by Crippen LogP contribution is -2.45. The van der Waals surface area contributed by atoms with E-state index in [1.54, 1.807) is 0 Å². The van der Waals surface area contributed by atoms with E-state index in [-0.39, 0.29) is 0 Å². The van der Waals surface area contributed by atoms with Crippen LogP contribution in [-0.2, 0) is 0 Å². The van der Waals surface area contributed by atoms with Crippen molar-refractivity contribution in [3.63, 3.8) is 0 Å². The van der Waals surface area contributed by atoms with E-state index in [1.165, 1.54) is 32.4 Å². The van der Waals surface area contributed by atoms with Crippen molar-refractivity contribution in [3.05, 3.63) is 0 Å². The molecule has 0 amide bonds. The SMILES string of the molecule is CC.CCC(C)(CC(C)N(C)CC(C)(CC)CN(C)C)CN(C)C. The van der Waals surface area contributed by atoms with E-state index in [1.807, 2.05) is 13.8 Å². The molecule has 0 aromatic heterocycles. The zero-order chi connectivity index (χ0) is 19.6. The summed E-state index contributed by atoms with van der Waals surface area (Å²) in [6.45, 7) is 19.4. The average molecular weight is 344 g/mol. The van der Waals surface area contributed by atoms with Crippen LogP contribution in [0, 0.1) is 10.8 Å². The van der Waals surface area contributed by atoms with Gasteiger partial charge in [-0.25, -0.2) is 0 Å². The minimum Gasteiger partial charge on any atom is -0.309 e. The molecule has 0 aromatic rings. The maximum Gasteiger partial charge on any atom is 0.00697 e. The Balaban J connectivity index is 0. The highest BCUT2D eigenvalue weighted by Crippen LogP contribution is 2.31. The van der Waals surface area contributed by atoms with Crippen molar-refractivity contribution in [2.75, 3.05) is 54.9 Å². The summed E-state index contributed by atoms with van der Waals surface area (Å²) < 4.78 is 0. The molecule has 0 saturated carbocycles. The van der Waals surface area contributed by atoms with Gasteiger partial charge in [0.25, 0.3) is 0 Å². The number of hydrogen-bond donors (Lipinski definition) is 0. The van der Waals surface area contributed by atoms with E-state index < -0.39 is 0 Å². The second-order valence-corrected chi connectivity index (χ2v) is 8.77. The highest BCUT2D eigenvalue weighted by Gasteiger charge is 2.30. The number of nitrogens with zero attached hydrogens (tertiary/aromatic N) is 3. The quantitative estimate of drug-likeness (QED) is 0.539. The second-order valence-electron chi connectivity index (χ2n) is 8.77. The van der Waals surface area contributed by atoms with E-state index in [4.69, 9.17) is 0 Å². The lowest BCUT2D eigenvalue weighted by molar-refractivity contribution is 0.0852. The van der Waals surface area contributed by atoms with Gasteiger partial charge in [-0.2, -0.15) is 0 Å². The second kappa shape index (κ2) is 12.3. The average Bonchev–Trinajstić information content (AvgIpc) is 2.47. The standard InChI is InChI=1S/C19H43N3.C2H6/c1-11-18(4,14-20(6)7)13-17(3)22(10)16-19(5,12-2)15-21(8)9;1-2/h17H,11-16H2,1-10H3;1-2H3. The van der Waals surface area contributed by atoms with Gasteiger partial charge in [0.1, 0.15) is 0 Å². The van der Waals surface area contributed by atoms with E-state index in [9.17, 15) is 0 Å². The first-order chi connectivity index (χ1) is 11.0. The van der Waals surface area contributed by atoms with Gasteiger partial charge in [0.05, 0.1) is 0 Å². The molecule has 0 saturated heterocycles. The van der Waals surface area contributed by atoms with Crippen molar-refractivity contribution >= 4 is 0 Å². The zero-order valence-corrected chi connectivity index (χ0v) is 19.2. The molecular formula is C21H49N3.